The molecule has 260 valence electrons. The van der Waals surface area contributed by atoms with Crippen LogP contribution in [0.25, 0.3) is 28.2 Å². The average Bonchev–Trinajstić information content (AvgIpc) is 3.76. The first-order chi connectivity index (χ1) is 25.9. The predicted molar refractivity (Wildman–Crippen MR) is 215 cm³/mol. The van der Waals surface area contributed by atoms with E-state index >= 15 is 4.79 Å². The van der Waals surface area contributed by atoms with Crippen molar-refractivity contribution in [3.8, 4) is 34.0 Å². The molecule has 0 saturated carbocycles. The minimum atomic E-state index is -1.25. The molecule has 0 radical (unpaired) electrons. The van der Waals surface area contributed by atoms with E-state index in [4.69, 9.17) is 38.1 Å². The molecule has 0 aliphatic carbocycles. The molecule has 2 unspecified atom stereocenters. The number of Topliss-reactive ketones (excluding diaryl/α,β-unsaturated/α-hetero) is 1. The molecular formula is C45H34Cl2N4O2. The fraction of sp³-hybridized carbons (Fsp3) is 0.0889. The van der Waals surface area contributed by atoms with Gasteiger partial charge in [0.1, 0.15) is 16.9 Å². The van der Waals surface area contributed by atoms with Crippen molar-refractivity contribution in [2.45, 2.75) is 13.0 Å². The Labute approximate surface area is 318 Å². The quantitative estimate of drug-likeness (QED) is 0.139. The topological polar surface area (TPSA) is 59.7 Å². The Bertz CT molecular complexity index is 2410. The summed E-state index contributed by atoms with van der Waals surface area (Å²) in [6, 6.07) is 52.1. The number of methoxy groups -OCH3 is 1. The first-order valence-corrected chi connectivity index (χ1v) is 18.0. The average molecular weight is 734 g/mol. The molecule has 6 aromatic carbocycles. The second kappa shape index (κ2) is 14.2. The minimum Gasteiger partial charge on any atom is -0.497 e. The van der Waals surface area contributed by atoms with Crippen molar-refractivity contribution in [2.75, 3.05) is 12.1 Å². The standard InChI is InChI=1S/C45H34Cl2N4O2/c1-45(42(32-20-26-35(47)27-21-32)49-51(37-16-10-5-11-17-37)43(45)33-12-6-3-7-13-33)44(52)39-40(30-18-24-34(46)25-19-30)48-50(36-14-8-4-9-15-36)41(39)31-22-28-38(53-2)29-23-31/h3-29,43H,1-2H3. The molecule has 0 bridgehead atoms. The Hall–Kier alpha value is -5.95. The van der Waals surface area contributed by atoms with Crippen molar-refractivity contribution < 1.29 is 9.53 Å². The lowest BCUT2D eigenvalue weighted by Crippen LogP contribution is -2.42. The number of hydrogen-bond donors (Lipinski definition) is 0. The number of carbonyl (C=O) groups is 1. The van der Waals surface area contributed by atoms with Crippen LogP contribution in [-0.2, 0) is 0 Å². The molecule has 0 N–H and O–H groups in total. The molecule has 1 aliphatic rings. The third kappa shape index (κ3) is 6.20. The van der Waals surface area contributed by atoms with Gasteiger partial charge in [-0.2, -0.15) is 10.2 Å². The summed E-state index contributed by atoms with van der Waals surface area (Å²) in [5.41, 5.74) is 5.95. The maximum absolute atomic E-state index is 16.4. The SMILES string of the molecule is COc1ccc(-c2c(C(=O)C3(C)C(c4ccc(Cl)cc4)=NN(c4ccccc4)C3c3ccccc3)c(-c3ccc(Cl)cc3)nn2-c2ccccc2)cc1. The number of hydrogen-bond acceptors (Lipinski definition) is 5. The van der Waals surface area contributed by atoms with E-state index in [0.717, 1.165) is 33.6 Å². The van der Waals surface area contributed by atoms with Crippen LogP contribution in [0.1, 0.15) is 34.5 Å². The van der Waals surface area contributed by atoms with Crippen LogP contribution < -0.4 is 9.75 Å². The maximum Gasteiger partial charge on any atom is 0.181 e. The van der Waals surface area contributed by atoms with Crippen LogP contribution >= 0.6 is 23.2 Å². The Morgan fingerprint density at radius 2 is 1.15 bits per heavy atom. The molecule has 1 aliphatic heterocycles. The number of anilines is 1. The Kier molecular flexibility index (Phi) is 9.17. The monoisotopic (exact) mass is 732 g/mol. The summed E-state index contributed by atoms with van der Waals surface area (Å²) in [5, 5.41) is 13.8. The first kappa shape index (κ1) is 34.2. The van der Waals surface area contributed by atoms with Crippen LogP contribution in [0.4, 0.5) is 5.69 Å². The van der Waals surface area contributed by atoms with Gasteiger partial charge in [-0.1, -0.05) is 114 Å². The zero-order valence-electron chi connectivity index (χ0n) is 29.0. The van der Waals surface area contributed by atoms with Crippen LogP contribution in [0.3, 0.4) is 0 Å². The zero-order valence-corrected chi connectivity index (χ0v) is 30.5. The number of aromatic nitrogens is 2. The summed E-state index contributed by atoms with van der Waals surface area (Å²) in [5.74, 6) is 0.560. The zero-order chi connectivity index (χ0) is 36.5. The number of rotatable bonds is 9. The first-order valence-electron chi connectivity index (χ1n) is 17.2. The normalized spacial score (nSPS) is 16.7. The molecule has 2 heterocycles. The minimum absolute atomic E-state index is 0.142. The van der Waals surface area contributed by atoms with Gasteiger partial charge in [0.05, 0.1) is 41.5 Å². The Morgan fingerprint density at radius 1 is 0.642 bits per heavy atom. The molecule has 53 heavy (non-hydrogen) atoms. The predicted octanol–water partition coefficient (Wildman–Crippen LogP) is 11.4. The van der Waals surface area contributed by atoms with Crippen molar-refractivity contribution in [3.05, 3.63) is 191 Å². The molecule has 8 heteroatoms. The van der Waals surface area contributed by atoms with Gasteiger partial charge >= 0.3 is 0 Å². The van der Waals surface area contributed by atoms with Gasteiger partial charge in [-0.05, 0) is 90.8 Å². The molecule has 2 atom stereocenters. The molecule has 0 amide bonds. The number of halogens is 2. The van der Waals surface area contributed by atoms with E-state index in [1.165, 1.54) is 0 Å². The number of nitrogens with zero attached hydrogens (tertiary/aromatic N) is 4. The van der Waals surface area contributed by atoms with Gasteiger partial charge in [-0.25, -0.2) is 4.68 Å². The summed E-state index contributed by atoms with van der Waals surface area (Å²) < 4.78 is 7.40. The van der Waals surface area contributed by atoms with Gasteiger partial charge in [-0.15, -0.1) is 0 Å². The van der Waals surface area contributed by atoms with Crippen LogP contribution in [-0.4, -0.2) is 28.4 Å². The highest BCUT2D eigenvalue weighted by atomic mass is 35.5. The molecule has 7 aromatic rings. The third-order valence-electron chi connectivity index (χ3n) is 9.81. The van der Waals surface area contributed by atoms with E-state index in [0.29, 0.717) is 38.5 Å². The summed E-state index contributed by atoms with van der Waals surface area (Å²) in [6.45, 7) is 2.01. The van der Waals surface area contributed by atoms with E-state index in [1.807, 2.05) is 168 Å². The number of carbonyl (C=O) groups excluding carboxylic acids is 1. The van der Waals surface area contributed by atoms with E-state index in [2.05, 4.69) is 12.1 Å². The number of benzene rings is 6. The van der Waals surface area contributed by atoms with Crippen molar-refractivity contribution in [1.29, 1.82) is 0 Å². The molecular weight excluding hydrogens is 699 g/mol. The summed E-state index contributed by atoms with van der Waals surface area (Å²) in [6.07, 6.45) is 0. The highest BCUT2D eigenvalue weighted by molar-refractivity contribution is 6.31. The molecule has 1 aromatic heterocycles. The molecule has 0 fully saturated rings. The van der Waals surface area contributed by atoms with Crippen molar-refractivity contribution >= 4 is 40.4 Å². The Morgan fingerprint density at radius 3 is 1.72 bits per heavy atom. The smallest absolute Gasteiger partial charge is 0.181 e. The van der Waals surface area contributed by atoms with Crippen LogP contribution in [0.15, 0.2) is 169 Å². The summed E-state index contributed by atoms with van der Waals surface area (Å²) in [7, 11) is 1.64. The van der Waals surface area contributed by atoms with Crippen LogP contribution in [0.5, 0.6) is 5.75 Å². The fourth-order valence-corrected chi connectivity index (χ4v) is 7.46. The van der Waals surface area contributed by atoms with Crippen LogP contribution in [0, 0.1) is 5.41 Å². The number of ether oxygens (including phenoxy) is 1. The number of hydrazone groups is 1. The van der Waals surface area contributed by atoms with Gasteiger partial charge in [0, 0.05) is 21.2 Å². The largest absolute Gasteiger partial charge is 0.497 e. The van der Waals surface area contributed by atoms with Crippen molar-refractivity contribution in [1.82, 2.24) is 9.78 Å². The lowest BCUT2D eigenvalue weighted by Gasteiger charge is -2.35. The lowest BCUT2D eigenvalue weighted by atomic mass is 9.68. The third-order valence-corrected chi connectivity index (χ3v) is 10.3. The number of para-hydroxylation sites is 2. The van der Waals surface area contributed by atoms with Gasteiger partial charge in [0.15, 0.2) is 5.78 Å². The summed E-state index contributed by atoms with van der Waals surface area (Å²) in [4.78, 5) is 16.4. The molecule has 0 spiro atoms. The second-order valence-electron chi connectivity index (χ2n) is 13.0. The van der Waals surface area contributed by atoms with Crippen molar-refractivity contribution in [3.63, 3.8) is 0 Å². The van der Waals surface area contributed by atoms with Gasteiger partial charge in [0.2, 0.25) is 0 Å². The molecule has 0 saturated heterocycles. The van der Waals surface area contributed by atoms with Gasteiger partial charge < -0.3 is 4.74 Å². The second-order valence-corrected chi connectivity index (χ2v) is 13.9. The highest BCUT2D eigenvalue weighted by Crippen LogP contribution is 2.52. The fourth-order valence-electron chi connectivity index (χ4n) is 7.21. The van der Waals surface area contributed by atoms with E-state index in [9.17, 15) is 0 Å². The van der Waals surface area contributed by atoms with Crippen LogP contribution in [0.2, 0.25) is 10.0 Å². The summed E-state index contributed by atoms with van der Waals surface area (Å²) >= 11 is 12.8. The maximum atomic E-state index is 16.4. The van der Waals surface area contributed by atoms with E-state index in [1.54, 1.807) is 7.11 Å². The van der Waals surface area contributed by atoms with Crippen molar-refractivity contribution in [2.24, 2.45) is 10.5 Å². The van der Waals surface area contributed by atoms with E-state index in [-0.39, 0.29) is 5.78 Å². The highest BCUT2D eigenvalue weighted by Gasteiger charge is 2.56. The number of ketones is 1. The lowest BCUT2D eigenvalue weighted by molar-refractivity contribution is 0.0870. The molecule has 6 nitrogen and oxygen atoms in total. The molecule has 8 rings (SSSR count). The Balaban J connectivity index is 1.46. The van der Waals surface area contributed by atoms with E-state index < -0.39 is 11.5 Å². The van der Waals surface area contributed by atoms with Gasteiger partial charge in [0.25, 0.3) is 0 Å². The van der Waals surface area contributed by atoms with Gasteiger partial charge in [-0.3, -0.25) is 9.80 Å².